The van der Waals surface area contributed by atoms with E-state index in [-0.39, 0.29) is 0 Å². The molecule has 3 heteroatoms. The number of fused-ring (bicyclic) bond motifs is 1. The van der Waals surface area contributed by atoms with Gasteiger partial charge < -0.3 is 4.90 Å². The molecule has 3 aromatic carbocycles. The monoisotopic (exact) mass is 393 g/mol. The largest absolute Gasteiger partial charge is 0.301 e. The van der Waals surface area contributed by atoms with Crippen LogP contribution < -0.4 is 0 Å². The Morgan fingerprint density at radius 1 is 1.04 bits per heavy atom. The molecule has 4 rings (SSSR count). The van der Waals surface area contributed by atoms with Crippen molar-refractivity contribution in [1.82, 2.24) is 4.90 Å². The minimum absolute atomic E-state index is 0.369. The summed E-state index contributed by atoms with van der Waals surface area (Å²) in [6.07, 6.45) is 0. The zero-order chi connectivity index (χ0) is 18.8. The van der Waals surface area contributed by atoms with Crippen LogP contribution in [0.5, 0.6) is 0 Å². The summed E-state index contributed by atoms with van der Waals surface area (Å²) >= 11 is 8.30. The lowest BCUT2D eigenvalue weighted by atomic mass is 9.83. The lowest BCUT2D eigenvalue weighted by Gasteiger charge is -2.34. The van der Waals surface area contributed by atoms with Gasteiger partial charge in [-0.2, -0.15) is 0 Å². The summed E-state index contributed by atoms with van der Waals surface area (Å²) < 4.78 is 0. The van der Waals surface area contributed by atoms with Crippen molar-refractivity contribution in [2.24, 2.45) is 0 Å². The third-order valence-electron chi connectivity index (χ3n) is 5.28. The molecule has 0 radical (unpaired) electrons. The summed E-state index contributed by atoms with van der Waals surface area (Å²) in [7, 11) is 2.21. The molecule has 0 saturated heterocycles. The van der Waals surface area contributed by atoms with Gasteiger partial charge in [-0.3, -0.25) is 0 Å². The van der Waals surface area contributed by atoms with Gasteiger partial charge >= 0.3 is 0 Å². The van der Waals surface area contributed by atoms with Gasteiger partial charge in [-0.1, -0.05) is 54.1 Å². The van der Waals surface area contributed by atoms with E-state index in [1.165, 1.54) is 32.7 Å². The highest BCUT2D eigenvalue weighted by atomic mass is 35.5. The lowest BCUT2D eigenvalue weighted by molar-refractivity contribution is 0.294. The van der Waals surface area contributed by atoms with Crippen LogP contribution >= 0.6 is 23.4 Å². The van der Waals surface area contributed by atoms with E-state index in [1.54, 1.807) is 0 Å². The average Bonchev–Trinajstić information content (AvgIpc) is 2.67. The molecule has 0 fully saturated rings. The SMILES string of the molecule is Cc1cc(Cl)cc2c1CN(C)CC2c1cccc(SCc2ccccc2)c1. The fourth-order valence-corrected chi connectivity index (χ4v) is 5.12. The zero-order valence-electron chi connectivity index (χ0n) is 15.8. The van der Waals surface area contributed by atoms with E-state index in [1.807, 2.05) is 11.8 Å². The number of hydrogen-bond acceptors (Lipinski definition) is 2. The topological polar surface area (TPSA) is 3.24 Å². The number of benzene rings is 3. The van der Waals surface area contributed by atoms with Crippen LogP contribution in [0.2, 0.25) is 5.02 Å². The van der Waals surface area contributed by atoms with Crippen LogP contribution in [0.1, 0.15) is 33.7 Å². The number of nitrogens with zero attached hydrogens (tertiary/aromatic N) is 1. The Morgan fingerprint density at radius 3 is 2.67 bits per heavy atom. The third kappa shape index (κ3) is 4.24. The summed E-state index contributed by atoms with van der Waals surface area (Å²) in [5.74, 6) is 1.37. The van der Waals surface area contributed by atoms with E-state index < -0.39 is 0 Å². The fraction of sp³-hybridized carbons (Fsp3) is 0.250. The van der Waals surface area contributed by atoms with E-state index in [2.05, 4.69) is 85.6 Å². The molecule has 1 heterocycles. The van der Waals surface area contributed by atoms with E-state index in [0.29, 0.717) is 5.92 Å². The van der Waals surface area contributed by atoms with Gasteiger partial charge in [0.2, 0.25) is 0 Å². The molecule has 1 atom stereocenters. The molecule has 27 heavy (non-hydrogen) atoms. The lowest BCUT2D eigenvalue weighted by Crippen LogP contribution is -2.31. The molecular weight excluding hydrogens is 370 g/mol. The van der Waals surface area contributed by atoms with Crippen LogP contribution in [0, 0.1) is 6.92 Å². The molecule has 0 aliphatic carbocycles. The molecule has 3 aromatic rings. The number of aryl methyl sites for hydroxylation is 1. The summed E-state index contributed by atoms with van der Waals surface area (Å²) in [6.45, 7) is 4.20. The van der Waals surface area contributed by atoms with Gasteiger partial charge in [0.15, 0.2) is 0 Å². The Labute approximate surface area is 171 Å². The summed E-state index contributed by atoms with van der Waals surface area (Å²) in [6, 6.07) is 23.9. The van der Waals surface area contributed by atoms with Gasteiger partial charge in [0, 0.05) is 34.7 Å². The summed E-state index contributed by atoms with van der Waals surface area (Å²) in [4.78, 5) is 3.74. The maximum Gasteiger partial charge on any atom is 0.0411 e. The van der Waals surface area contributed by atoms with E-state index in [4.69, 9.17) is 11.6 Å². The first-order chi connectivity index (χ1) is 13.1. The molecule has 0 N–H and O–H groups in total. The quantitative estimate of drug-likeness (QED) is 0.464. The fourth-order valence-electron chi connectivity index (χ4n) is 3.92. The number of rotatable bonds is 4. The van der Waals surface area contributed by atoms with Crippen molar-refractivity contribution >= 4 is 23.4 Å². The Morgan fingerprint density at radius 2 is 1.85 bits per heavy atom. The molecule has 0 bridgehead atoms. The maximum atomic E-state index is 6.40. The normalized spacial score (nSPS) is 16.9. The summed E-state index contributed by atoms with van der Waals surface area (Å²) in [5, 5.41) is 0.843. The second kappa shape index (κ2) is 8.10. The van der Waals surface area contributed by atoms with Crippen LogP contribution in [-0.4, -0.2) is 18.5 Å². The van der Waals surface area contributed by atoms with Crippen molar-refractivity contribution in [3.8, 4) is 0 Å². The van der Waals surface area contributed by atoms with Crippen molar-refractivity contribution in [2.75, 3.05) is 13.6 Å². The second-order valence-corrected chi connectivity index (χ2v) is 8.87. The predicted molar refractivity (Wildman–Crippen MR) is 117 cm³/mol. The second-order valence-electron chi connectivity index (χ2n) is 7.39. The maximum absolute atomic E-state index is 6.40. The van der Waals surface area contributed by atoms with Crippen LogP contribution in [-0.2, 0) is 12.3 Å². The van der Waals surface area contributed by atoms with E-state index in [9.17, 15) is 0 Å². The predicted octanol–water partition coefficient (Wildman–Crippen LogP) is 6.52. The van der Waals surface area contributed by atoms with Crippen LogP contribution in [0.3, 0.4) is 0 Å². The highest BCUT2D eigenvalue weighted by molar-refractivity contribution is 7.98. The first kappa shape index (κ1) is 18.6. The van der Waals surface area contributed by atoms with Gasteiger partial charge in [0.25, 0.3) is 0 Å². The molecule has 1 unspecified atom stereocenters. The Balaban J connectivity index is 1.62. The van der Waals surface area contributed by atoms with Gasteiger partial charge in [-0.25, -0.2) is 0 Å². The van der Waals surface area contributed by atoms with Crippen LogP contribution in [0.15, 0.2) is 71.6 Å². The average molecular weight is 394 g/mol. The molecular formula is C24H24ClNS. The van der Waals surface area contributed by atoms with Crippen LogP contribution in [0.25, 0.3) is 0 Å². The third-order valence-corrected chi connectivity index (χ3v) is 6.56. The molecule has 138 valence electrons. The van der Waals surface area contributed by atoms with Gasteiger partial charge in [-0.15, -0.1) is 11.8 Å². The van der Waals surface area contributed by atoms with Gasteiger partial charge in [0.1, 0.15) is 0 Å². The molecule has 1 aliphatic heterocycles. The molecule has 0 saturated carbocycles. The Hall–Kier alpha value is -1.74. The van der Waals surface area contributed by atoms with E-state index in [0.717, 1.165) is 23.9 Å². The first-order valence-electron chi connectivity index (χ1n) is 9.34. The molecule has 0 amide bonds. The number of hydrogen-bond donors (Lipinski definition) is 0. The minimum atomic E-state index is 0.369. The highest BCUT2D eigenvalue weighted by Gasteiger charge is 2.26. The smallest absolute Gasteiger partial charge is 0.0411 e. The standard InChI is InChI=1S/C24H24ClNS/c1-17-11-20(25)13-22-23(17)14-26(2)15-24(22)19-9-6-10-21(12-19)27-16-18-7-4-3-5-8-18/h3-13,24H,14-16H2,1-2H3. The number of likely N-dealkylation sites (N-methyl/N-ethyl adjacent to an activating group) is 1. The number of halogens is 1. The van der Waals surface area contributed by atoms with Crippen molar-refractivity contribution < 1.29 is 0 Å². The first-order valence-corrected chi connectivity index (χ1v) is 10.7. The van der Waals surface area contributed by atoms with Crippen LogP contribution in [0.4, 0.5) is 0 Å². The Bertz CT molecular complexity index is 938. The number of thioether (sulfide) groups is 1. The highest BCUT2D eigenvalue weighted by Crippen LogP contribution is 2.37. The minimum Gasteiger partial charge on any atom is -0.301 e. The molecule has 1 nitrogen and oxygen atoms in total. The van der Waals surface area contributed by atoms with Crippen molar-refractivity contribution in [3.63, 3.8) is 0 Å². The summed E-state index contributed by atoms with van der Waals surface area (Å²) in [5.41, 5.74) is 6.85. The molecule has 1 aliphatic rings. The molecule has 0 aromatic heterocycles. The van der Waals surface area contributed by atoms with E-state index >= 15 is 0 Å². The molecule has 0 spiro atoms. The Kier molecular flexibility index (Phi) is 5.58. The zero-order valence-corrected chi connectivity index (χ0v) is 17.4. The van der Waals surface area contributed by atoms with Crippen molar-refractivity contribution in [1.29, 1.82) is 0 Å². The van der Waals surface area contributed by atoms with Crippen molar-refractivity contribution in [2.45, 2.75) is 30.0 Å². The van der Waals surface area contributed by atoms with Gasteiger partial charge in [-0.05, 0) is 66.1 Å². The van der Waals surface area contributed by atoms with Gasteiger partial charge in [0.05, 0.1) is 0 Å². The van der Waals surface area contributed by atoms with Crippen molar-refractivity contribution in [3.05, 3.63) is 99.6 Å².